The van der Waals surface area contributed by atoms with Crippen molar-refractivity contribution in [1.82, 2.24) is 4.98 Å². The van der Waals surface area contributed by atoms with Gasteiger partial charge in [-0.2, -0.15) is 0 Å². The minimum absolute atomic E-state index is 0.0249. The smallest absolute Gasteiger partial charge is 0.345 e. The lowest BCUT2D eigenvalue weighted by Gasteiger charge is -2.06. The number of hydrogen-bond donors (Lipinski definition) is 1. The molecule has 0 unspecified atom stereocenters. The first-order valence-corrected chi connectivity index (χ1v) is 7.46. The van der Waals surface area contributed by atoms with Gasteiger partial charge in [0, 0.05) is 5.02 Å². The molecule has 2 aromatic rings. The van der Waals surface area contributed by atoms with Crippen molar-refractivity contribution in [2.45, 2.75) is 0 Å². The average Bonchev–Trinajstić information content (AvgIpc) is 2.96. The maximum absolute atomic E-state index is 11.8. The van der Waals surface area contributed by atoms with E-state index in [0.29, 0.717) is 16.4 Å². The van der Waals surface area contributed by atoms with Crippen LogP contribution in [0, 0.1) is 10.1 Å². The number of aromatic nitrogens is 1. The third kappa shape index (κ3) is 4.62. The molecule has 0 aliphatic rings. The van der Waals surface area contributed by atoms with Gasteiger partial charge in [0.05, 0.1) is 15.5 Å². The minimum atomic E-state index is -0.822. The molecular weight excluding hydrogens is 369 g/mol. The first kappa shape index (κ1) is 17.1. The molecule has 1 amide bonds. The van der Waals surface area contributed by atoms with Gasteiger partial charge < -0.3 is 4.74 Å². The van der Waals surface area contributed by atoms with Gasteiger partial charge in [-0.3, -0.25) is 20.2 Å². The normalized spacial score (nSPS) is 10.2. The fraction of sp³-hybridized carbons (Fsp3) is 0.0833. The van der Waals surface area contributed by atoms with Crippen molar-refractivity contribution in [2.75, 3.05) is 11.9 Å². The van der Waals surface area contributed by atoms with Gasteiger partial charge in [-0.25, -0.2) is 9.78 Å². The summed E-state index contributed by atoms with van der Waals surface area (Å²) in [4.78, 5) is 37.0. The van der Waals surface area contributed by atoms with Crippen molar-refractivity contribution in [3.05, 3.63) is 50.1 Å². The zero-order valence-corrected chi connectivity index (χ0v) is 13.4. The number of amides is 1. The SMILES string of the molecule is O=C(COC(=O)c1cc(Cl)ccc1Cl)Nc1ncc([N+](=O)[O-])s1. The molecule has 0 aliphatic heterocycles. The topological polar surface area (TPSA) is 111 Å². The van der Waals surface area contributed by atoms with Gasteiger partial charge in [0.15, 0.2) is 11.7 Å². The van der Waals surface area contributed by atoms with E-state index in [9.17, 15) is 19.7 Å². The van der Waals surface area contributed by atoms with E-state index in [0.717, 1.165) is 6.20 Å². The molecule has 23 heavy (non-hydrogen) atoms. The van der Waals surface area contributed by atoms with E-state index in [4.69, 9.17) is 27.9 Å². The zero-order valence-electron chi connectivity index (χ0n) is 11.1. The van der Waals surface area contributed by atoms with Crippen LogP contribution in [-0.2, 0) is 9.53 Å². The van der Waals surface area contributed by atoms with Gasteiger partial charge in [-0.05, 0) is 29.5 Å². The van der Waals surface area contributed by atoms with Crippen LogP contribution in [0.2, 0.25) is 10.0 Å². The predicted octanol–water partition coefficient (Wildman–Crippen LogP) is 3.15. The fourth-order valence-electron chi connectivity index (χ4n) is 1.43. The van der Waals surface area contributed by atoms with Crippen molar-refractivity contribution in [3.8, 4) is 0 Å². The van der Waals surface area contributed by atoms with Gasteiger partial charge >= 0.3 is 11.0 Å². The molecule has 120 valence electrons. The summed E-state index contributed by atoms with van der Waals surface area (Å²) in [6.07, 6.45) is 1.01. The number of anilines is 1. The molecule has 8 nitrogen and oxygen atoms in total. The quantitative estimate of drug-likeness (QED) is 0.487. The Morgan fingerprint density at radius 3 is 2.78 bits per heavy atom. The maximum atomic E-state index is 11.8. The van der Waals surface area contributed by atoms with Crippen LogP contribution >= 0.6 is 34.5 Å². The number of halogens is 2. The predicted molar refractivity (Wildman–Crippen MR) is 84.1 cm³/mol. The van der Waals surface area contributed by atoms with E-state index in [1.54, 1.807) is 0 Å². The van der Waals surface area contributed by atoms with Gasteiger partial charge in [0.1, 0.15) is 6.20 Å². The summed E-state index contributed by atoms with van der Waals surface area (Å²) in [6, 6.07) is 4.24. The van der Waals surface area contributed by atoms with E-state index in [-0.39, 0.29) is 20.7 Å². The molecule has 2 rings (SSSR count). The lowest BCUT2D eigenvalue weighted by atomic mass is 10.2. The Morgan fingerprint density at radius 2 is 2.13 bits per heavy atom. The fourth-order valence-corrected chi connectivity index (χ4v) is 2.44. The molecule has 0 saturated carbocycles. The Bertz CT molecular complexity index is 780. The number of benzene rings is 1. The first-order chi connectivity index (χ1) is 10.9. The van der Waals surface area contributed by atoms with Crippen molar-refractivity contribution < 1.29 is 19.2 Å². The second kappa shape index (κ2) is 7.36. The molecule has 1 heterocycles. The molecule has 0 saturated heterocycles. The number of esters is 1. The van der Waals surface area contributed by atoms with Crippen LogP contribution in [0.25, 0.3) is 0 Å². The van der Waals surface area contributed by atoms with E-state index < -0.39 is 23.4 Å². The lowest BCUT2D eigenvalue weighted by Crippen LogP contribution is -2.21. The Balaban J connectivity index is 1.92. The highest BCUT2D eigenvalue weighted by Crippen LogP contribution is 2.25. The van der Waals surface area contributed by atoms with Crippen LogP contribution in [0.15, 0.2) is 24.4 Å². The molecule has 0 spiro atoms. The number of carbonyl (C=O) groups is 2. The second-order valence-electron chi connectivity index (χ2n) is 4.01. The number of nitro groups is 1. The van der Waals surface area contributed by atoms with Gasteiger partial charge in [-0.1, -0.05) is 23.2 Å². The molecule has 0 aliphatic carbocycles. The number of rotatable bonds is 5. The van der Waals surface area contributed by atoms with Crippen molar-refractivity contribution in [3.63, 3.8) is 0 Å². The van der Waals surface area contributed by atoms with Crippen LogP contribution < -0.4 is 5.32 Å². The number of ether oxygens (including phenoxy) is 1. The molecule has 1 N–H and O–H groups in total. The van der Waals surface area contributed by atoms with E-state index >= 15 is 0 Å². The Hall–Kier alpha value is -2.23. The first-order valence-electron chi connectivity index (χ1n) is 5.89. The van der Waals surface area contributed by atoms with Crippen LogP contribution in [0.3, 0.4) is 0 Å². The highest BCUT2D eigenvalue weighted by Gasteiger charge is 2.16. The third-order valence-corrected chi connectivity index (χ3v) is 3.83. The van der Waals surface area contributed by atoms with Crippen molar-refractivity contribution in [1.29, 1.82) is 0 Å². The Kier molecular flexibility index (Phi) is 5.48. The van der Waals surface area contributed by atoms with Crippen LogP contribution in [0.1, 0.15) is 10.4 Å². The molecule has 1 aromatic heterocycles. The summed E-state index contributed by atoms with van der Waals surface area (Å²) in [5, 5.41) is 13.0. The molecule has 0 fully saturated rings. The molecule has 1 aromatic carbocycles. The summed E-state index contributed by atoms with van der Waals surface area (Å²) in [5.74, 6) is -1.52. The minimum Gasteiger partial charge on any atom is -0.452 e. The second-order valence-corrected chi connectivity index (χ2v) is 5.86. The molecular formula is C12H7Cl2N3O5S. The van der Waals surface area contributed by atoms with Crippen LogP contribution in [0.5, 0.6) is 0 Å². The van der Waals surface area contributed by atoms with E-state index in [2.05, 4.69) is 10.3 Å². The lowest BCUT2D eigenvalue weighted by molar-refractivity contribution is -0.380. The summed E-state index contributed by atoms with van der Waals surface area (Å²) in [7, 11) is 0. The van der Waals surface area contributed by atoms with Crippen LogP contribution in [0.4, 0.5) is 10.1 Å². The summed E-state index contributed by atoms with van der Waals surface area (Å²) < 4.78 is 4.80. The number of hydrogen-bond acceptors (Lipinski definition) is 7. The van der Waals surface area contributed by atoms with Crippen LogP contribution in [-0.4, -0.2) is 28.4 Å². The highest BCUT2D eigenvalue weighted by atomic mass is 35.5. The number of thiazole rings is 1. The van der Waals surface area contributed by atoms with Gasteiger partial charge in [0.25, 0.3) is 5.91 Å². The maximum Gasteiger partial charge on any atom is 0.345 e. The zero-order chi connectivity index (χ0) is 17.0. The summed E-state index contributed by atoms with van der Waals surface area (Å²) >= 11 is 12.3. The van der Waals surface area contributed by atoms with Gasteiger partial charge in [-0.15, -0.1) is 0 Å². The van der Waals surface area contributed by atoms with E-state index in [1.807, 2.05) is 0 Å². The molecule has 0 bridgehead atoms. The average molecular weight is 376 g/mol. The molecule has 0 atom stereocenters. The Morgan fingerprint density at radius 1 is 1.39 bits per heavy atom. The van der Waals surface area contributed by atoms with E-state index in [1.165, 1.54) is 18.2 Å². The monoisotopic (exact) mass is 375 g/mol. The molecule has 11 heteroatoms. The largest absolute Gasteiger partial charge is 0.452 e. The molecule has 0 radical (unpaired) electrons. The number of carbonyl (C=O) groups excluding carboxylic acids is 2. The number of nitrogens with one attached hydrogen (secondary N) is 1. The highest BCUT2D eigenvalue weighted by molar-refractivity contribution is 7.18. The number of nitrogens with zero attached hydrogens (tertiary/aromatic N) is 2. The third-order valence-electron chi connectivity index (χ3n) is 2.40. The van der Waals surface area contributed by atoms with Gasteiger partial charge in [0.2, 0.25) is 0 Å². The standard InChI is InChI=1S/C12H7Cl2N3O5S/c13-6-1-2-8(14)7(3-6)11(19)22-5-9(18)16-12-15-4-10(23-12)17(20)21/h1-4H,5H2,(H,15,16,18). The Labute approximate surface area is 143 Å². The summed E-state index contributed by atoms with van der Waals surface area (Å²) in [5.41, 5.74) is 0.0249. The van der Waals surface area contributed by atoms with Crippen molar-refractivity contribution in [2.24, 2.45) is 0 Å². The summed E-state index contributed by atoms with van der Waals surface area (Å²) in [6.45, 7) is -0.602. The van der Waals surface area contributed by atoms with Crippen molar-refractivity contribution >= 4 is 56.5 Å².